The number of amides is 1. The molecule has 2 N–H and O–H groups in total. The van der Waals surface area contributed by atoms with Gasteiger partial charge in [0.15, 0.2) is 0 Å². The summed E-state index contributed by atoms with van der Waals surface area (Å²) < 4.78 is 0.915. The van der Waals surface area contributed by atoms with Crippen molar-refractivity contribution in [1.82, 2.24) is 0 Å². The van der Waals surface area contributed by atoms with Crippen molar-refractivity contribution in [2.45, 2.75) is 38.7 Å². The molecule has 0 aliphatic carbocycles. The van der Waals surface area contributed by atoms with Gasteiger partial charge in [0.1, 0.15) is 0 Å². The van der Waals surface area contributed by atoms with Crippen LogP contribution in [0.15, 0.2) is 16.6 Å². The Kier molecular flexibility index (Phi) is 3.84. The Labute approximate surface area is 109 Å². The van der Waals surface area contributed by atoms with Gasteiger partial charge in [-0.1, -0.05) is 35.7 Å². The number of nitrogens with one attached hydrogen (secondary N) is 1. The van der Waals surface area contributed by atoms with Crippen LogP contribution in [0.5, 0.6) is 0 Å². The molecule has 0 fully saturated rings. The number of fused-ring (bicyclic) bond motifs is 1. The first-order chi connectivity index (χ1) is 8.11. The van der Waals surface area contributed by atoms with Gasteiger partial charge in [-0.3, -0.25) is 4.79 Å². The molecule has 1 aromatic carbocycles. The lowest BCUT2D eigenvalue weighted by Gasteiger charge is -2.15. The minimum atomic E-state index is -0.500. The molecule has 1 heterocycles. The molecule has 0 radical (unpaired) electrons. The van der Waals surface area contributed by atoms with E-state index in [9.17, 15) is 9.90 Å². The molecule has 17 heavy (non-hydrogen) atoms. The summed E-state index contributed by atoms with van der Waals surface area (Å²) in [7, 11) is 0. The zero-order valence-corrected chi connectivity index (χ0v) is 11.4. The summed E-state index contributed by atoms with van der Waals surface area (Å²) in [5.74, 6) is 0.00189. The highest BCUT2D eigenvalue weighted by molar-refractivity contribution is 9.10. The van der Waals surface area contributed by atoms with E-state index in [0.29, 0.717) is 6.42 Å². The van der Waals surface area contributed by atoms with Gasteiger partial charge < -0.3 is 10.4 Å². The van der Waals surface area contributed by atoms with Gasteiger partial charge in [-0.05, 0) is 24.1 Å². The Bertz CT molecular complexity index is 445. The van der Waals surface area contributed by atoms with Crippen molar-refractivity contribution in [2.75, 3.05) is 5.32 Å². The van der Waals surface area contributed by atoms with E-state index < -0.39 is 6.10 Å². The van der Waals surface area contributed by atoms with Crippen molar-refractivity contribution in [3.63, 3.8) is 0 Å². The van der Waals surface area contributed by atoms with Gasteiger partial charge >= 0.3 is 0 Å². The van der Waals surface area contributed by atoms with Crippen LogP contribution in [0.2, 0.25) is 0 Å². The average molecular weight is 298 g/mol. The third-order valence-electron chi connectivity index (χ3n) is 3.02. The minimum Gasteiger partial charge on any atom is -0.388 e. The zero-order valence-electron chi connectivity index (χ0n) is 9.79. The zero-order chi connectivity index (χ0) is 12.4. The lowest BCUT2D eigenvalue weighted by Crippen LogP contribution is -2.07. The fourth-order valence-electron chi connectivity index (χ4n) is 2.15. The van der Waals surface area contributed by atoms with E-state index in [0.717, 1.165) is 40.5 Å². The summed E-state index contributed by atoms with van der Waals surface area (Å²) in [5.41, 5.74) is 2.60. The topological polar surface area (TPSA) is 49.3 Å². The maximum absolute atomic E-state index is 11.4. The molecule has 1 atom stereocenters. The van der Waals surface area contributed by atoms with Crippen molar-refractivity contribution in [3.05, 3.63) is 27.7 Å². The van der Waals surface area contributed by atoms with Crippen molar-refractivity contribution >= 4 is 27.5 Å². The van der Waals surface area contributed by atoms with E-state index in [1.54, 1.807) is 0 Å². The second-order valence-electron chi connectivity index (χ2n) is 4.41. The highest BCUT2D eigenvalue weighted by Crippen LogP contribution is 2.36. The average Bonchev–Trinajstić information content (AvgIpc) is 2.64. The number of rotatable bonds is 4. The van der Waals surface area contributed by atoms with E-state index in [4.69, 9.17) is 0 Å². The molecule has 4 heteroatoms. The standard InChI is InChI=1S/C13H16BrNO2/c1-2-3-4-11(16)10-7-9(14)5-8-6-12(17)15-13(8)10/h5,7,11,16H,2-4,6H2,1H3,(H,15,17). The Morgan fingerprint density at radius 1 is 1.53 bits per heavy atom. The molecule has 1 aliphatic heterocycles. The quantitative estimate of drug-likeness (QED) is 0.897. The van der Waals surface area contributed by atoms with Gasteiger partial charge in [0.2, 0.25) is 5.91 Å². The van der Waals surface area contributed by atoms with E-state index in [1.807, 2.05) is 12.1 Å². The second-order valence-corrected chi connectivity index (χ2v) is 5.33. The first-order valence-corrected chi connectivity index (χ1v) is 6.71. The van der Waals surface area contributed by atoms with E-state index in [1.165, 1.54) is 0 Å². The largest absolute Gasteiger partial charge is 0.388 e. The van der Waals surface area contributed by atoms with Crippen LogP contribution in [0.3, 0.4) is 0 Å². The van der Waals surface area contributed by atoms with Crippen molar-refractivity contribution in [1.29, 1.82) is 0 Å². The van der Waals surface area contributed by atoms with Crippen molar-refractivity contribution in [3.8, 4) is 0 Å². The van der Waals surface area contributed by atoms with Crippen LogP contribution in [0.4, 0.5) is 5.69 Å². The lowest BCUT2D eigenvalue weighted by molar-refractivity contribution is -0.115. The van der Waals surface area contributed by atoms with Crippen LogP contribution in [0, 0.1) is 0 Å². The fraction of sp³-hybridized carbons (Fsp3) is 0.462. The molecule has 0 saturated heterocycles. The number of hydrogen-bond acceptors (Lipinski definition) is 2. The summed E-state index contributed by atoms with van der Waals surface area (Å²) in [6.45, 7) is 2.10. The maximum Gasteiger partial charge on any atom is 0.228 e. The minimum absolute atomic E-state index is 0.00189. The monoisotopic (exact) mass is 297 g/mol. The van der Waals surface area contributed by atoms with Crippen LogP contribution in [0.25, 0.3) is 0 Å². The molecule has 0 saturated carbocycles. The number of carbonyl (C=O) groups is 1. The summed E-state index contributed by atoms with van der Waals surface area (Å²) in [4.78, 5) is 11.4. The first-order valence-electron chi connectivity index (χ1n) is 5.92. The molecule has 1 aliphatic rings. The van der Waals surface area contributed by atoms with E-state index in [2.05, 4.69) is 28.2 Å². The molecular weight excluding hydrogens is 282 g/mol. The Hall–Kier alpha value is -0.870. The maximum atomic E-state index is 11.4. The number of carbonyl (C=O) groups excluding carboxylic acids is 1. The van der Waals surface area contributed by atoms with Crippen LogP contribution >= 0.6 is 15.9 Å². The lowest BCUT2D eigenvalue weighted by atomic mass is 9.99. The van der Waals surface area contributed by atoms with Crippen LogP contribution < -0.4 is 5.32 Å². The predicted molar refractivity (Wildman–Crippen MR) is 71.0 cm³/mol. The fourth-order valence-corrected chi connectivity index (χ4v) is 2.67. The van der Waals surface area contributed by atoms with E-state index in [-0.39, 0.29) is 5.91 Å². The molecule has 1 unspecified atom stereocenters. The number of benzene rings is 1. The van der Waals surface area contributed by atoms with Gasteiger partial charge in [-0.15, -0.1) is 0 Å². The SMILES string of the molecule is CCCCC(O)c1cc(Br)cc2c1NC(=O)C2. The number of aliphatic hydroxyl groups excluding tert-OH is 1. The van der Waals surface area contributed by atoms with Gasteiger partial charge in [-0.2, -0.15) is 0 Å². The van der Waals surface area contributed by atoms with Crippen molar-refractivity contribution in [2.24, 2.45) is 0 Å². The summed E-state index contributed by atoms with van der Waals surface area (Å²) >= 11 is 3.42. The number of unbranched alkanes of at least 4 members (excludes halogenated alkanes) is 1. The Balaban J connectivity index is 2.31. The summed E-state index contributed by atoms with van der Waals surface area (Å²) in [6, 6.07) is 3.83. The number of hydrogen-bond donors (Lipinski definition) is 2. The summed E-state index contributed by atoms with van der Waals surface area (Å²) in [6.07, 6.45) is 2.67. The third-order valence-corrected chi connectivity index (χ3v) is 3.48. The van der Waals surface area contributed by atoms with Crippen LogP contribution in [0.1, 0.15) is 43.4 Å². The van der Waals surface area contributed by atoms with Gasteiger partial charge in [0.25, 0.3) is 0 Å². The molecule has 92 valence electrons. The molecule has 0 aromatic heterocycles. The number of halogens is 1. The molecule has 0 bridgehead atoms. The summed E-state index contributed by atoms with van der Waals surface area (Å²) in [5, 5.41) is 13.0. The number of aliphatic hydroxyl groups is 1. The predicted octanol–water partition coefficient (Wildman–Crippen LogP) is 3.17. The Morgan fingerprint density at radius 2 is 2.29 bits per heavy atom. The van der Waals surface area contributed by atoms with Crippen LogP contribution in [-0.2, 0) is 11.2 Å². The molecule has 0 spiro atoms. The smallest absolute Gasteiger partial charge is 0.228 e. The second kappa shape index (κ2) is 5.19. The molecule has 3 nitrogen and oxygen atoms in total. The van der Waals surface area contributed by atoms with Gasteiger partial charge in [-0.25, -0.2) is 0 Å². The third kappa shape index (κ3) is 2.69. The van der Waals surface area contributed by atoms with Crippen LogP contribution in [-0.4, -0.2) is 11.0 Å². The highest BCUT2D eigenvalue weighted by Gasteiger charge is 2.24. The molecule has 1 aromatic rings. The van der Waals surface area contributed by atoms with E-state index >= 15 is 0 Å². The normalized spacial score (nSPS) is 15.6. The van der Waals surface area contributed by atoms with Gasteiger partial charge in [0, 0.05) is 10.0 Å². The van der Waals surface area contributed by atoms with Crippen molar-refractivity contribution < 1.29 is 9.90 Å². The molecular formula is C13H16BrNO2. The molecule has 2 rings (SSSR count). The number of anilines is 1. The first kappa shape index (κ1) is 12.6. The highest BCUT2D eigenvalue weighted by atomic mass is 79.9. The Morgan fingerprint density at radius 3 is 3.00 bits per heavy atom. The molecule has 1 amide bonds. The van der Waals surface area contributed by atoms with Gasteiger partial charge in [0.05, 0.1) is 18.2 Å².